The predicted octanol–water partition coefficient (Wildman–Crippen LogP) is 1.11. The Hall–Kier alpha value is -1.34. The van der Waals surface area contributed by atoms with Gasteiger partial charge < -0.3 is 19.9 Å². The zero-order valence-corrected chi connectivity index (χ0v) is 17.7. The summed E-state index contributed by atoms with van der Waals surface area (Å²) < 4.78 is 5.40. The van der Waals surface area contributed by atoms with E-state index in [0.717, 1.165) is 76.7 Å². The summed E-state index contributed by atoms with van der Waals surface area (Å²) in [6.07, 6.45) is 3.55. The number of aliphatic imine (C=N–C) groups is 1. The average molecular weight is 382 g/mol. The highest BCUT2D eigenvalue weighted by Gasteiger charge is 2.25. The molecule has 1 N–H and O–H groups in total. The highest BCUT2D eigenvalue weighted by Crippen LogP contribution is 2.23. The number of morpholine rings is 1. The summed E-state index contributed by atoms with van der Waals surface area (Å²) in [6, 6.07) is 0. The average Bonchev–Trinajstić information content (AvgIpc) is 3.09. The second kappa shape index (κ2) is 11.5. The van der Waals surface area contributed by atoms with Crippen LogP contribution in [0.15, 0.2) is 4.99 Å². The van der Waals surface area contributed by atoms with Gasteiger partial charge in [0.25, 0.3) is 0 Å². The predicted molar refractivity (Wildman–Crippen MR) is 110 cm³/mol. The van der Waals surface area contributed by atoms with Crippen molar-refractivity contribution < 1.29 is 9.53 Å². The molecular weight excluding hydrogens is 342 g/mol. The molecule has 0 radical (unpaired) electrons. The Labute approximate surface area is 165 Å². The Bertz CT molecular complexity index is 475. The van der Waals surface area contributed by atoms with E-state index in [0.29, 0.717) is 0 Å². The molecule has 156 valence electrons. The summed E-state index contributed by atoms with van der Waals surface area (Å²) in [6.45, 7) is 12.6. The number of nitrogens with one attached hydrogen (secondary N) is 1. The Balaban J connectivity index is 1.83. The van der Waals surface area contributed by atoms with Crippen molar-refractivity contribution in [1.29, 1.82) is 0 Å². The number of guanidine groups is 1. The fraction of sp³-hybridized carbons (Fsp3) is 0.900. The van der Waals surface area contributed by atoms with Gasteiger partial charge in [0.1, 0.15) is 6.54 Å². The number of carbonyl (C=O) groups is 1. The molecule has 7 heteroatoms. The summed E-state index contributed by atoms with van der Waals surface area (Å²) >= 11 is 0. The van der Waals surface area contributed by atoms with Crippen LogP contribution in [-0.2, 0) is 9.53 Å². The quantitative estimate of drug-likeness (QED) is 0.388. The molecule has 27 heavy (non-hydrogen) atoms. The third kappa shape index (κ3) is 8.05. The largest absolute Gasteiger partial charge is 0.379 e. The first-order valence-electron chi connectivity index (χ1n) is 10.5. The van der Waals surface area contributed by atoms with Gasteiger partial charge in [0.05, 0.1) is 13.2 Å². The normalized spacial score (nSPS) is 21.7. The smallest absolute Gasteiger partial charge is 0.243 e. The number of likely N-dealkylation sites (tertiary alicyclic amines) is 1. The molecule has 1 unspecified atom stereocenters. The molecule has 0 aromatic heterocycles. The third-order valence-corrected chi connectivity index (χ3v) is 5.29. The molecule has 0 aliphatic carbocycles. The van der Waals surface area contributed by atoms with E-state index in [4.69, 9.17) is 4.74 Å². The number of amides is 1. The number of hydrogen-bond donors (Lipinski definition) is 1. The summed E-state index contributed by atoms with van der Waals surface area (Å²) in [5.74, 6) is 2.40. The van der Waals surface area contributed by atoms with E-state index in [2.05, 4.69) is 34.0 Å². The molecule has 0 aromatic rings. The minimum absolute atomic E-state index is 0.0422. The van der Waals surface area contributed by atoms with Crippen LogP contribution in [0, 0.1) is 11.8 Å². The summed E-state index contributed by atoms with van der Waals surface area (Å²) in [4.78, 5) is 23.0. The van der Waals surface area contributed by atoms with Gasteiger partial charge in [-0.25, -0.2) is 4.99 Å². The molecule has 2 rings (SSSR count). The molecule has 2 saturated heterocycles. The summed E-state index contributed by atoms with van der Waals surface area (Å²) in [5.41, 5.74) is 0. The van der Waals surface area contributed by atoms with E-state index in [1.165, 1.54) is 12.8 Å². The van der Waals surface area contributed by atoms with Crippen LogP contribution in [0.4, 0.5) is 0 Å². The van der Waals surface area contributed by atoms with Crippen molar-refractivity contribution >= 4 is 11.9 Å². The molecule has 1 atom stereocenters. The van der Waals surface area contributed by atoms with E-state index in [9.17, 15) is 4.79 Å². The minimum atomic E-state index is 0.0422. The van der Waals surface area contributed by atoms with Crippen LogP contribution in [0.2, 0.25) is 0 Å². The van der Waals surface area contributed by atoms with Crippen molar-refractivity contribution in [1.82, 2.24) is 20.0 Å². The Morgan fingerprint density at radius 1 is 1.26 bits per heavy atom. The number of rotatable bonds is 8. The monoisotopic (exact) mass is 381 g/mol. The maximum atomic E-state index is 12.0. The molecule has 2 aliphatic heterocycles. The molecule has 0 spiro atoms. The van der Waals surface area contributed by atoms with Crippen molar-refractivity contribution in [2.75, 3.05) is 73.1 Å². The lowest BCUT2D eigenvalue weighted by Gasteiger charge is -2.27. The van der Waals surface area contributed by atoms with Gasteiger partial charge in [-0.15, -0.1) is 0 Å². The SMILES string of the molecule is CC(C)CC1CCN(C(=NCC(=O)N(C)C)NCCCN2CCOCC2)C1. The zero-order valence-electron chi connectivity index (χ0n) is 17.7. The van der Waals surface area contributed by atoms with Crippen molar-refractivity contribution in [3.05, 3.63) is 0 Å². The maximum Gasteiger partial charge on any atom is 0.243 e. The van der Waals surface area contributed by atoms with Crippen LogP contribution in [-0.4, -0.2) is 99.7 Å². The summed E-state index contributed by atoms with van der Waals surface area (Å²) in [7, 11) is 3.56. The molecular formula is C20H39N5O2. The van der Waals surface area contributed by atoms with Crippen LogP contribution in [0.25, 0.3) is 0 Å². The Morgan fingerprint density at radius 2 is 2.00 bits per heavy atom. The lowest BCUT2D eigenvalue weighted by molar-refractivity contribution is -0.127. The van der Waals surface area contributed by atoms with Gasteiger partial charge in [0, 0.05) is 46.8 Å². The number of ether oxygens (including phenoxy) is 1. The number of hydrogen-bond acceptors (Lipinski definition) is 4. The first-order valence-corrected chi connectivity index (χ1v) is 10.5. The van der Waals surface area contributed by atoms with Gasteiger partial charge in [0.15, 0.2) is 5.96 Å². The lowest BCUT2D eigenvalue weighted by atomic mass is 9.97. The number of likely N-dealkylation sites (N-methyl/N-ethyl adjacent to an activating group) is 1. The fourth-order valence-electron chi connectivity index (χ4n) is 3.76. The molecule has 0 bridgehead atoms. The Kier molecular flexibility index (Phi) is 9.34. The molecule has 1 amide bonds. The number of nitrogens with zero attached hydrogens (tertiary/aromatic N) is 4. The van der Waals surface area contributed by atoms with E-state index in [1.54, 1.807) is 19.0 Å². The summed E-state index contributed by atoms with van der Waals surface area (Å²) in [5, 5.41) is 3.52. The van der Waals surface area contributed by atoms with Gasteiger partial charge in [-0.3, -0.25) is 9.69 Å². The highest BCUT2D eigenvalue weighted by atomic mass is 16.5. The van der Waals surface area contributed by atoms with Crippen LogP contribution < -0.4 is 5.32 Å². The standard InChI is InChI=1S/C20H39N5O2/c1-17(2)14-18-6-9-25(16-18)20(22-15-19(26)23(3)4)21-7-5-8-24-10-12-27-13-11-24/h17-18H,5-16H2,1-4H3,(H,21,22). The van der Waals surface area contributed by atoms with Crippen molar-refractivity contribution in [2.45, 2.75) is 33.1 Å². The van der Waals surface area contributed by atoms with Crippen LogP contribution in [0.5, 0.6) is 0 Å². The molecule has 7 nitrogen and oxygen atoms in total. The van der Waals surface area contributed by atoms with Gasteiger partial charge in [0.2, 0.25) is 5.91 Å². The van der Waals surface area contributed by atoms with Crippen molar-refractivity contribution in [3.63, 3.8) is 0 Å². The Morgan fingerprint density at radius 3 is 2.67 bits per heavy atom. The first kappa shape index (κ1) is 22.0. The second-order valence-electron chi connectivity index (χ2n) is 8.39. The molecule has 2 heterocycles. The fourth-order valence-corrected chi connectivity index (χ4v) is 3.76. The van der Waals surface area contributed by atoms with Gasteiger partial charge in [-0.2, -0.15) is 0 Å². The van der Waals surface area contributed by atoms with Crippen molar-refractivity contribution in [2.24, 2.45) is 16.8 Å². The lowest BCUT2D eigenvalue weighted by Crippen LogP contribution is -2.43. The van der Waals surface area contributed by atoms with E-state index in [1.807, 2.05) is 0 Å². The van der Waals surface area contributed by atoms with Crippen LogP contribution in [0.1, 0.15) is 33.1 Å². The van der Waals surface area contributed by atoms with E-state index in [-0.39, 0.29) is 12.5 Å². The van der Waals surface area contributed by atoms with E-state index >= 15 is 0 Å². The first-order chi connectivity index (χ1) is 13.0. The number of carbonyl (C=O) groups excluding carboxylic acids is 1. The van der Waals surface area contributed by atoms with Gasteiger partial charge in [-0.1, -0.05) is 13.8 Å². The topological polar surface area (TPSA) is 60.4 Å². The van der Waals surface area contributed by atoms with Gasteiger partial charge >= 0.3 is 0 Å². The third-order valence-electron chi connectivity index (χ3n) is 5.29. The highest BCUT2D eigenvalue weighted by molar-refractivity contribution is 5.85. The maximum absolute atomic E-state index is 12.0. The second-order valence-corrected chi connectivity index (χ2v) is 8.39. The molecule has 2 fully saturated rings. The van der Waals surface area contributed by atoms with Crippen molar-refractivity contribution in [3.8, 4) is 0 Å². The van der Waals surface area contributed by atoms with Crippen LogP contribution >= 0.6 is 0 Å². The van der Waals surface area contributed by atoms with Crippen LogP contribution in [0.3, 0.4) is 0 Å². The van der Waals surface area contributed by atoms with Gasteiger partial charge in [-0.05, 0) is 37.6 Å². The molecule has 0 saturated carbocycles. The van der Waals surface area contributed by atoms with E-state index < -0.39 is 0 Å². The molecule has 0 aromatic carbocycles. The molecule has 2 aliphatic rings. The zero-order chi connectivity index (χ0) is 19.6. The minimum Gasteiger partial charge on any atom is -0.379 e.